The highest BCUT2D eigenvalue weighted by Gasteiger charge is 2.23. The van der Waals surface area contributed by atoms with E-state index in [1.165, 1.54) is 0 Å². The molecule has 3 heterocycles. The summed E-state index contributed by atoms with van der Waals surface area (Å²) < 4.78 is 5.59. The number of furan rings is 1. The van der Waals surface area contributed by atoms with Crippen molar-refractivity contribution in [2.45, 2.75) is 32.2 Å². The van der Waals surface area contributed by atoms with Crippen LogP contribution in [0.4, 0.5) is 5.82 Å². The van der Waals surface area contributed by atoms with Crippen LogP contribution in [0.5, 0.6) is 0 Å². The normalized spacial score (nSPS) is 13.1. The Labute approximate surface area is 146 Å². The lowest BCUT2D eigenvalue weighted by atomic mass is 9.87. The Hall–Kier alpha value is -3.13. The highest BCUT2D eigenvalue weighted by molar-refractivity contribution is 5.69. The van der Waals surface area contributed by atoms with E-state index in [1.807, 2.05) is 30.5 Å². The van der Waals surface area contributed by atoms with Crippen LogP contribution in [-0.4, -0.2) is 9.97 Å². The summed E-state index contributed by atoms with van der Waals surface area (Å²) in [4.78, 5) is 8.89. The maximum Gasteiger partial charge on any atom is 0.152 e. The van der Waals surface area contributed by atoms with E-state index < -0.39 is 0 Å². The van der Waals surface area contributed by atoms with E-state index in [0.29, 0.717) is 17.9 Å². The first-order chi connectivity index (χ1) is 12.4. The third-order valence-electron chi connectivity index (χ3n) is 4.56. The lowest BCUT2D eigenvalue weighted by Gasteiger charge is -2.21. The van der Waals surface area contributed by atoms with Crippen LogP contribution < -0.4 is 5.32 Å². The standard InChI is InChI=1S/C20H18N4O/c21-11-17-15-6-1-2-7-16(15)19(18-8-4-10-25-18)24-20(17)23-13-14-5-3-9-22-12-14/h3-5,8-10,12H,1-2,6-7,13H2,(H,23,24). The van der Waals surface area contributed by atoms with E-state index in [2.05, 4.69) is 16.4 Å². The Morgan fingerprint density at radius 2 is 2.04 bits per heavy atom. The number of pyridine rings is 2. The fourth-order valence-electron chi connectivity index (χ4n) is 3.37. The van der Waals surface area contributed by atoms with E-state index in [1.54, 1.807) is 12.5 Å². The fourth-order valence-corrected chi connectivity index (χ4v) is 3.37. The lowest BCUT2D eigenvalue weighted by molar-refractivity contribution is 0.577. The first-order valence-electron chi connectivity index (χ1n) is 8.49. The maximum atomic E-state index is 9.73. The molecule has 0 unspecified atom stereocenters. The van der Waals surface area contributed by atoms with Crippen molar-refractivity contribution in [3.63, 3.8) is 0 Å². The number of hydrogen-bond donors (Lipinski definition) is 1. The van der Waals surface area contributed by atoms with Gasteiger partial charge in [0.05, 0.1) is 11.8 Å². The minimum atomic E-state index is 0.575. The molecule has 1 N–H and O–H groups in total. The summed E-state index contributed by atoms with van der Waals surface area (Å²) in [5.41, 5.74) is 4.83. The van der Waals surface area contributed by atoms with Crippen molar-refractivity contribution in [2.24, 2.45) is 0 Å². The van der Waals surface area contributed by atoms with Crippen molar-refractivity contribution in [3.05, 3.63) is 65.2 Å². The van der Waals surface area contributed by atoms with Gasteiger partial charge in [-0.2, -0.15) is 5.26 Å². The minimum absolute atomic E-state index is 0.575. The van der Waals surface area contributed by atoms with Crippen molar-refractivity contribution >= 4 is 5.82 Å². The van der Waals surface area contributed by atoms with E-state index in [4.69, 9.17) is 9.40 Å². The third kappa shape index (κ3) is 2.99. The Balaban J connectivity index is 1.77. The zero-order chi connectivity index (χ0) is 17.1. The Morgan fingerprint density at radius 3 is 2.76 bits per heavy atom. The molecule has 0 saturated heterocycles. The zero-order valence-electron chi connectivity index (χ0n) is 13.8. The average Bonchev–Trinajstić information content (AvgIpc) is 3.21. The number of nitriles is 1. The van der Waals surface area contributed by atoms with Crippen molar-refractivity contribution in [1.29, 1.82) is 5.26 Å². The second-order valence-electron chi connectivity index (χ2n) is 6.15. The summed E-state index contributed by atoms with van der Waals surface area (Å²) in [6.45, 7) is 0.575. The number of nitrogens with zero attached hydrogens (tertiary/aromatic N) is 3. The highest BCUT2D eigenvalue weighted by Crippen LogP contribution is 2.35. The highest BCUT2D eigenvalue weighted by atomic mass is 16.3. The van der Waals surface area contributed by atoms with Crippen LogP contribution in [0.1, 0.15) is 35.1 Å². The molecular formula is C20H18N4O. The van der Waals surface area contributed by atoms with Crippen molar-refractivity contribution in [3.8, 4) is 17.5 Å². The molecule has 0 spiro atoms. The molecule has 0 aromatic carbocycles. The van der Waals surface area contributed by atoms with Gasteiger partial charge in [0.1, 0.15) is 17.6 Å². The molecule has 5 heteroatoms. The topological polar surface area (TPSA) is 74.7 Å². The number of aromatic nitrogens is 2. The monoisotopic (exact) mass is 330 g/mol. The summed E-state index contributed by atoms with van der Waals surface area (Å²) in [6, 6.07) is 10.1. The van der Waals surface area contributed by atoms with Crippen molar-refractivity contribution in [2.75, 3.05) is 5.32 Å². The maximum absolute atomic E-state index is 9.73. The Kier molecular flexibility index (Phi) is 4.17. The summed E-state index contributed by atoms with van der Waals surface area (Å²) in [5, 5.41) is 13.0. The molecule has 5 nitrogen and oxygen atoms in total. The molecule has 0 radical (unpaired) electrons. The van der Waals surface area contributed by atoms with Crippen LogP contribution in [0.3, 0.4) is 0 Å². The van der Waals surface area contributed by atoms with Gasteiger partial charge in [-0.25, -0.2) is 4.98 Å². The van der Waals surface area contributed by atoms with E-state index in [9.17, 15) is 5.26 Å². The van der Waals surface area contributed by atoms with Crippen LogP contribution in [0, 0.1) is 11.3 Å². The second kappa shape index (κ2) is 6.78. The van der Waals surface area contributed by atoms with Gasteiger partial charge >= 0.3 is 0 Å². The predicted molar refractivity (Wildman–Crippen MR) is 94.9 cm³/mol. The van der Waals surface area contributed by atoms with Crippen LogP contribution in [0.2, 0.25) is 0 Å². The zero-order valence-corrected chi connectivity index (χ0v) is 13.8. The summed E-state index contributed by atoms with van der Waals surface area (Å²) in [5.74, 6) is 1.38. The second-order valence-corrected chi connectivity index (χ2v) is 6.15. The summed E-state index contributed by atoms with van der Waals surface area (Å²) in [7, 11) is 0. The van der Waals surface area contributed by atoms with Gasteiger partial charge in [0.15, 0.2) is 5.76 Å². The Morgan fingerprint density at radius 1 is 1.16 bits per heavy atom. The average molecular weight is 330 g/mol. The number of rotatable bonds is 4. The quantitative estimate of drug-likeness (QED) is 0.779. The molecule has 1 aliphatic rings. The number of nitrogens with one attached hydrogen (secondary N) is 1. The van der Waals surface area contributed by atoms with Crippen LogP contribution in [0.15, 0.2) is 47.3 Å². The Bertz CT molecular complexity index is 911. The molecule has 0 atom stereocenters. The summed E-state index contributed by atoms with van der Waals surface area (Å²) >= 11 is 0. The van der Waals surface area contributed by atoms with Gasteiger partial charge in [-0.15, -0.1) is 0 Å². The molecule has 3 aromatic heterocycles. The molecule has 0 fully saturated rings. The molecule has 0 aliphatic heterocycles. The molecular weight excluding hydrogens is 312 g/mol. The largest absolute Gasteiger partial charge is 0.463 e. The summed E-state index contributed by atoms with van der Waals surface area (Å²) in [6.07, 6.45) is 9.29. The predicted octanol–water partition coefficient (Wildman–Crippen LogP) is 4.10. The number of hydrogen-bond acceptors (Lipinski definition) is 5. The van der Waals surface area contributed by atoms with Crippen LogP contribution in [0.25, 0.3) is 11.5 Å². The number of anilines is 1. The van der Waals surface area contributed by atoms with Crippen molar-refractivity contribution < 1.29 is 4.42 Å². The molecule has 1 aliphatic carbocycles. The molecule has 124 valence electrons. The SMILES string of the molecule is N#Cc1c(NCc2cccnc2)nc(-c2ccco2)c2c1CCCC2. The molecule has 25 heavy (non-hydrogen) atoms. The van der Waals surface area contributed by atoms with Gasteiger partial charge in [-0.3, -0.25) is 4.98 Å². The molecule has 3 aromatic rings. The fraction of sp³-hybridized carbons (Fsp3) is 0.250. The van der Waals surface area contributed by atoms with Gasteiger partial charge in [-0.05, 0) is 60.6 Å². The molecule has 0 bridgehead atoms. The van der Waals surface area contributed by atoms with Crippen molar-refractivity contribution in [1.82, 2.24) is 9.97 Å². The number of fused-ring (bicyclic) bond motifs is 1. The smallest absolute Gasteiger partial charge is 0.152 e. The first kappa shape index (κ1) is 15.4. The van der Waals surface area contributed by atoms with Gasteiger partial charge < -0.3 is 9.73 Å². The van der Waals surface area contributed by atoms with Gasteiger partial charge in [-0.1, -0.05) is 6.07 Å². The molecule has 4 rings (SSSR count). The van der Waals surface area contributed by atoms with Gasteiger partial charge in [0.25, 0.3) is 0 Å². The third-order valence-corrected chi connectivity index (χ3v) is 4.56. The van der Waals surface area contributed by atoms with Gasteiger partial charge in [0, 0.05) is 18.9 Å². The van der Waals surface area contributed by atoms with Crippen LogP contribution >= 0.6 is 0 Å². The lowest BCUT2D eigenvalue weighted by Crippen LogP contribution is -2.13. The molecule has 0 amide bonds. The minimum Gasteiger partial charge on any atom is -0.463 e. The van der Waals surface area contributed by atoms with E-state index in [0.717, 1.165) is 53.8 Å². The first-order valence-corrected chi connectivity index (χ1v) is 8.49. The van der Waals surface area contributed by atoms with Crippen LogP contribution in [-0.2, 0) is 19.4 Å². The van der Waals surface area contributed by atoms with E-state index in [-0.39, 0.29) is 0 Å². The van der Waals surface area contributed by atoms with Gasteiger partial charge in [0.2, 0.25) is 0 Å². The molecule has 0 saturated carbocycles. The van der Waals surface area contributed by atoms with E-state index >= 15 is 0 Å².